The molecule has 1 aliphatic rings. The zero-order chi connectivity index (χ0) is 10.6. The standard InChI is InChI=1S/C8H15NO4S/c10-8(11)7-2-1-6(5-7)3-4-9-14(12)13/h6-7,9H,1-5H2,(H,10,11)(H,12,13)/p-1. The lowest BCUT2D eigenvalue weighted by Gasteiger charge is -2.11. The molecule has 14 heavy (non-hydrogen) atoms. The molecule has 0 amide bonds. The van der Waals surface area contributed by atoms with Crippen molar-refractivity contribution in [3.05, 3.63) is 0 Å². The van der Waals surface area contributed by atoms with E-state index >= 15 is 0 Å². The van der Waals surface area contributed by atoms with Gasteiger partial charge in [0.25, 0.3) is 0 Å². The van der Waals surface area contributed by atoms with E-state index in [1.165, 1.54) is 0 Å². The Bertz CT molecular complexity index is 233. The molecule has 1 fully saturated rings. The summed E-state index contributed by atoms with van der Waals surface area (Å²) in [5.41, 5.74) is 0. The molecule has 0 spiro atoms. The Morgan fingerprint density at radius 1 is 1.57 bits per heavy atom. The highest BCUT2D eigenvalue weighted by molar-refractivity contribution is 7.77. The molecular formula is C8H14NO4S-. The van der Waals surface area contributed by atoms with E-state index in [9.17, 15) is 13.6 Å². The van der Waals surface area contributed by atoms with Gasteiger partial charge in [0.2, 0.25) is 0 Å². The van der Waals surface area contributed by atoms with Crippen molar-refractivity contribution in [2.45, 2.75) is 25.7 Å². The van der Waals surface area contributed by atoms with Crippen LogP contribution in [-0.4, -0.2) is 26.4 Å². The number of hydrogen-bond donors (Lipinski definition) is 2. The fourth-order valence-corrected chi connectivity index (χ4v) is 2.19. The molecule has 5 nitrogen and oxygen atoms in total. The second-order valence-corrected chi connectivity index (χ2v) is 4.39. The first-order chi connectivity index (χ1) is 6.59. The average Bonchev–Trinajstić information content (AvgIpc) is 2.52. The fourth-order valence-electron chi connectivity index (χ4n) is 1.91. The summed E-state index contributed by atoms with van der Waals surface area (Å²) in [6.07, 6.45) is 3.03. The predicted molar refractivity (Wildman–Crippen MR) is 50.0 cm³/mol. The summed E-state index contributed by atoms with van der Waals surface area (Å²) in [5, 5.41) is 8.73. The average molecular weight is 220 g/mol. The molecular weight excluding hydrogens is 206 g/mol. The molecule has 3 unspecified atom stereocenters. The van der Waals surface area contributed by atoms with E-state index in [4.69, 9.17) is 5.11 Å². The predicted octanol–water partition coefficient (Wildman–Crippen LogP) is 0.261. The minimum atomic E-state index is -2.20. The van der Waals surface area contributed by atoms with Crippen LogP contribution in [0.5, 0.6) is 0 Å². The molecule has 0 heterocycles. The molecule has 0 bridgehead atoms. The van der Waals surface area contributed by atoms with Crippen LogP contribution in [0.1, 0.15) is 25.7 Å². The van der Waals surface area contributed by atoms with E-state index in [1.807, 2.05) is 0 Å². The zero-order valence-electron chi connectivity index (χ0n) is 7.77. The zero-order valence-corrected chi connectivity index (χ0v) is 8.59. The highest BCUT2D eigenvalue weighted by atomic mass is 32.2. The van der Waals surface area contributed by atoms with Crippen LogP contribution in [0, 0.1) is 11.8 Å². The first-order valence-corrected chi connectivity index (χ1v) is 5.72. The highest BCUT2D eigenvalue weighted by Crippen LogP contribution is 2.32. The third-order valence-corrected chi connectivity index (χ3v) is 3.10. The van der Waals surface area contributed by atoms with Gasteiger partial charge in [0, 0.05) is 17.8 Å². The molecule has 0 aromatic heterocycles. The first kappa shape index (κ1) is 11.6. The summed E-state index contributed by atoms with van der Waals surface area (Å²) in [4.78, 5) is 10.6. The Kier molecular flexibility index (Phi) is 4.50. The lowest BCUT2D eigenvalue weighted by Crippen LogP contribution is -2.19. The van der Waals surface area contributed by atoms with E-state index in [2.05, 4.69) is 4.72 Å². The molecule has 82 valence electrons. The Hall–Kier alpha value is -0.460. The molecule has 3 atom stereocenters. The second kappa shape index (κ2) is 5.43. The first-order valence-electron chi connectivity index (χ1n) is 4.65. The smallest absolute Gasteiger partial charge is 0.306 e. The summed E-state index contributed by atoms with van der Waals surface area (Å²) in [6, 6.07) is 0. The largest absolute Gasteiger partial charge is 0.760 e. The van der Waals surface area contributed by atoms with E-state index in [1.54, 1.807) is 0 Å². The van der Waals surface area contributed by atoms with Crippen LogP contribution >= 0.6 is 0 Å². The van der Waals surface area contributed by atoms with Crippen LogP contribution in [0.2, 0.25) is 0 Å². The molecule has 0 aromatic carbocycles. The molecule has 1 aliphatic carbocycles. The molecule has 1 rings (SSSR count). The van der Waals surface area contributed by atoms with Gasteiger partial charge in [-0.3, -0.25) is 9.00 Å². The Morgan fingerprint density at radius 2 is 2.29 bits per heavy atom. The van der Waals surface area contributed by atoms with Crippen LogP contribution in [0.4, 0.5) is 0 Å². The lowest BCUT2D eigenvalue weighted by molar-refractivity contribution is -0.141. The number of carboxylic acid groups (broad SMARTS) is 1. The van der Waals surface area contributed by atoms with E-state index in [0.717, 1.165) is 19.3 Å². The van der Waals surface area contributed by atoms with Crippen molar-refractivity contribution in [3.8, 4) is 0 Å². The molecule has 0 aliphatic heterocycles. The quantitative estimate of drug-likeness (QED) is 0.650. The SMILES string of the molecule is O=C(O)C1CCC(CCNS(=O)[O-])C1. The Morgan fingerprint density at radius 3 is 2.79 bits per heavy atom. The van der Waals surface area contributed by atoms with Crippen molar-refractivity contribution >= 4 is 17.2 Å². The van der Waals surface area contributed by atoms with E-state index < -0.39 is 17.2 Å². The van der Waals surface area contributed by atoms with Gasteiger partial charge in [-0.2, -0.15) is 0 Å². The van der Waals surface area contributed by atoms with E-state index in [-0.39, 0.29) is 5.92 Å². The van der Waals surface area contributed by atoms with Crippen LogP contribution in [0.25, 0.3) is 0 Å². The van der Waals surface area contributed by atoms with Crippen molar-refractivity contribution in [3.63, 3.8) is 0 Å². The van der Waals surface area contributed by atoms with Gasteiger partial charge < -0.3 is 9.66 Å². The third-order valence-electron chi connectivity index (χ3n) is 2.66. The number of carbonyl (C=O) groups is 1. The van der Waals surface area contributed by atoms with Gasteiger partial charge in [0.05, 0.1) is 5.92 Å². The second-order valence-electron chi connectivity index (χ2n) is 3.63. The molecule has 0 saturated heterocycles. The summed E-state index contributed by atoms with van der Waals surface area (Å²) < 4.78 is 22.6. The van der Waals surface area contributed by atoms with Gasteiger partial charge in [0.15, 0.2) is 0 Å². The van der Waals surface area contributed by atoms with Crippen molar-refractivity contribution < 1.29 is 18.7 Å². The fraction of sp³-hybridized carbons (Fsp3) is 0.875. The Labute approximate surface area is 85.3 Å². The Balaban J connectivity index is 2.16. The molecule has 0 radical (unpaired) electrons. The van der Waals surface area contributed by atoms with E-state index in [0.29, 0.717) is 18.9 Å². The van der Waals surface area contributed by atoms with Crippen LogP contribution in [-0.2, 0) is 16.1 Å². The molecule has 1 saturated carbocycles. The lowest BCUT2D eigenvalue weighted by atomic mass is 10.0. The maximum absolute atomic E-state index is 10.6. The highest BCUT2D eigenvalue weighted by Gasteiger charge is 2.28. The van der Waals surface area contributed by atoms with Crippen molar-refractivity contribution in [1.29, 1.82) is 0 Å². The monoisotopic (exact) mass is 220 g/mol. The summed E-state index contributed by atoms with van der Waals surface area (Å²) in [7, 11) is 0. The molecule has 2 N–H and O–H groups in total. The maximum atomic E-state index is 10.6. The molecule has 0 aromatic rings. The van der Waals surface area contributed by atoms with Crippen LogP contribution < -0.4 is 4.72 Å². The van der Waals surface area contributed by atoms with Gasteiger partial charge >= 0.3 is 5.97 Å². The van der Waals surface area contributed by atoms with Crippen LogP contribution in [0.15, 0.2) is 0 Å². The summed E-state index contributed by atoms with van der Waals surface area (Å²) >= 11 is -2.20. The van der Waals surface area contributed by atoms with Gasteiger partial charge in [0.1, 0.15) is 0 Å². The minimum absolute atomic E-state index is 0.224. The number of rotatable bonds is 5. The van der Waals surface area contributed by atoms with Crippen molar-refractivity contribution in [2.24, 2.45) is 11.8 Å². The van der Waals surface area contributed by atoms with Crippen molar-refractivity contribution in [1.82, 2.24) is 4.72 Å². The summed E-state index contributed by atoms with van der Waals surface area (Å²) in [6.45, 7) is 0.410. The normalized spacial score (nSPS) is 28.9. The minimum Gasteiger partial charge on any atom is -0.760 e. The number of nitrogens with one attached hydrogen (secondary N) is 1. The number of hydrogen-bond acceptors (Lipinski definition) is 3. The maximum Gasteiger partial charge on any atom is 0.306 e. The number of carboxylic acids is 1. The molecule has 6 heteroatoms. The van der Waals surface area contributed by atoms with Gasteiger partial charge in [-0.1, -0.05) is 0 Å². The number of aliphatic carboxylic acids is 1. The summed E-state index contributed by atoms with van der Waals surface area (Å²) in [5.74, 6) is -0.599. The van der Waals surface area contributed by atoms with Gasteiger partial charge in [-0.05, 0) is 31.6 Å². The third kappa shape index (κ3) is 3.73. The topological polar surface area (TPSA) is 89.5 Å². The van der Waals surface area contributed by atoms with Gasteiger partial charge in [-0.15, -0.1) is 0 Å². The van der Waals surface area contributed by atoms with Crippen LogP contribution in [0.3, 0.4) is 0 Å². The van der Waals surface area contributed by atoms with Crippen molar-refractivity contribution in [2.75, 3.05) is 6.54 Å². The van der Waals surface area contributed by atoms with Gasteiger partial charge in [-0.25, -0.2) is 4.72 Å².